The minimum absolute atomic E-state index is 0.434. The van der Waals surface area contributed by atoms with Crippen LogP contribution in [0.4, 0.5) is 5.82 Å². The molecule has 2 aromatic heterocycles. The first-order valence-electron chi connectivity index (χ1n) is 7.32. The fourth-order valence-electron chi connectivity index (χ4n) is 2.75. The molecule has 3 heterocycles. The SMILES string of the molecule is Cc1cc(S(=O)(=O)N2CCN(c3ncccc3Cl)CC2)c(C)s1. The Bertz CT molecular complexity index is 812. The minimum atomic E-state index is -3.42. The largest absolute Gasteiger partial charge is 0.353 e. The van der Waals surface area contributed by atoms with E-state index in [-0.39, 0.29) is 0 Å². The second kappa shape index (κ2) is 6.39. The number of thiophene rings is 1. The zero-order chi connectivity index (χ0) is 16.6. The summed E-state index contributed by atoms with van der Waals surface area (Å²) in [5.74, 6) is 0.716. The van der Waals surface area contributed by atoms with E-state index >= 15 is 0 Å². The predicted octanol–water partition coefficient (Wildman–Crippen LogP) is 2.92. The lowest BCUT2D eigenvalue weighted by Crippen LogP contribution is -2.49. The van der Waals surface area contributed by atoms with Crippen molar-refractivity contribution in [2.45, 2.75) is 18.7 Å². The Hall–Kier alpha value is -1.15. The van der Waals surface area contributed by atoms with Gasteiger partial charge >= 0.3 is 0 Å². The van der Waals surface area contributed by atoms with Crippen molar-refractivity contribution < 1.29 is 8.42 Å². The number of rotatable bonds is 3. The maximum absolute atomic E-state index is 12.8. The fourth-order valence-corrected chi connectivity index (χ4v) is 5.94. The highest BCUT2D eigenvalue weighted by molar-refractivity contribution is 7.89. The summed E-state index contributed by atoms with van der Waals surface area (Å²) in [6.45, 7) is 5.82. The van der Waals surface area contributed by atoms with Crippen LogP contribution in [0, 0.1) is 13.8 Å². The van der Waals surface area contributed by atoms with E-state index in [2.05, 4.69) is 4.98 Å². The third kappa shape index (κ3) is 3.24. The standard InChI is InChI=1S/C15H18ClN3O2S2/c1-11-10-14(12(2)22-11)23(20,21)19-8-6-18(7-9-19)15-13(16)4-3-5-17-15/h3-5,10H,6-9H2,1-2H3. The highest BCUT2D eigenvalue weighted by Crippen LogP contribution is 2.29. The maximum atomic E-state index is 12.8. The van der Waals surface area contributed by atoms with Crippen LogP contribution in [-0.2, 0) is 10.0 Å². The first kappa shape index (κ1) is 16.7. The Kier molecular flexibility index (Phi) is 4.64. The van der Waals surface area contributed by atoms with Gasteiger partial charge in [0.05, 0.1) is 9.92 Å². The van der Waals surface area contributed by atoms with Gasteiger partial charge in [-0.2, -0.15) is 4.31 Å². The van der Waals surface area contributed by atoms with Crippen molar-refractivity contribution >= 4 is 38.8 Å². The molecule has 1 fully saturated rings. The zero-order valence-electron chi connectivity index (χ0n) is 13.0. The van der Waals surface area contributed by atoms with Gasteiger partial charge in [0.15, 0.2) is 0 Å². The monoisotopic (exact) mass is 371 g/mol. The number of anilines is 1. The van der Waals surface area contributed by atoms with Crippen LogP contribution in [0.3, 0.4) is 0 Å². The van der Waals surface area contributed by atoms with Gasteiger partial charge in [-0.15, -0.1) is 11.3 Å². The van der Waals surface area contributed by atoms with Gasteiger partial charge in [-0.3, -0.25) is 0 Å². The van der Waals surface area contributed by atoms with Crippen LogP contribution in [-0.4, -0.2) is 43.9 Å². The van der Waals surface area contributed by atoms with Gasteiger partial charge in [0.2, 0.25) is 10.0 Å². The van der Waals surface area contributed by atoms with Crippen LogP contribution < -0.4 is 4.90 Å². The number of halogens is 1. The quantitative estimate of drug-likeness (QED) is 0.832. The Balaban J connectivity index is 1.76. The second-order valence-electron chi connectivity index (χ2n) is 5.48. The summed E-state index contributed by atoms with van der Waals surface area (Å²) in [6.07, 6.45) is 1.70. The van der Waals surface area contributed by atoms with Gasteiger partial charge in [-0.25, -0.2) is 13.4 Å². The van der Waals surface area contributed by atoms with E-state index in [1.807, 2.05) is 18.7 Å². The lowest BCUT2D eigenvalue weighted by Gasteiger charge is -2.34. The summed E-state index contributed by atoms with van der Waals surface area (Å²) >= 11 is 7.68. The maximum Gasteiger partial charge on any atom is 0.244 e. The molecule has 0 atom stereocenters. The number of pyridine rings is 1. The van der Waals surface area contributed by atoms with Crippen molar-refractivity contribution in [2.24, 2.45) is 0 Å². The molecule has 5 nitrogen and oxygen atoms in total. The summed E-state index contributed by atoms with van der Waals surface area (Å²) < 4.78 is 27.2. The minimum Gasteiger partial charge on any atom is -0.353 e. The number of piperazine rings is 1. The average molecular weight is 372 g/mol. The molecule has 0 aromatic carbocycles. The van der Waals surface area contributed by atoms with Gasteiger partial charge in [-0.1, -0.05) is 11.6 Å². The third-order valence-corrected chi connectivity index (χ3v) is 7.31. The topological polar surface area (TPSA) is 53.5 Å². The number of aryl methyl sites for hydroxylation is 2. The van der Waals surface area contributed by atoms with Crippen LogP contribution in [0.15, 0.2) is 29.3 Å². The molecule has 3 rings (SSSR count). The number of nitrogens with zero attached hydrogens (tertiary/aromatic N) is 3. The first-order chi connectivity index (χ1) is 10.9. The Morgan fingerprint density at radius 1 is 1.22 bits per heavy atom. The van der Waals surface area contributed by atoms with Crippen LogP contribution in [0.2, 0.25) is 5.02 Å². The molecule has 124 valence electrons. The lowest BCUT2D eigenvalue weighted by molar-refractivity contribution is 0.384. The van der Waals surface area contributed by atoms with E-state index in [1.165, 1.54) is 11.3 Å². The normalized spacial score (nSPS) is 16.7. The van der Waals surface area contributed by atoms with Gasteiger partial charge in [0, 0.05) is 42.1 Å². The fraction of sp³-hybridized carbons (Fsp3) is 0.400. The van der Waals surface area contributed by atoms with E-state index < -0.39 is 10.0 Å². The van der Waals surface area contributed by atoms with Gasteiger partial charge in [-0.05, 0) is 32.0 Å². The molecular formula is C15H18ClN3O2S2. The smallest absolute Gasteiger partial charge is 0.244 e. The number of aromatic nitrogens is 1. The molecule has 0 radical (unpaired) electrons. The van der Waals surface area contributed by atoms with E-state index in [1.54, 1.807) is 28.7 Å². The van der Waals surface area contributed by atoms with E-state index in [9.17, 15) is 8.42 Å². The van der Waals surface area contributed by atoms with E-state index in [4.69, 9.17) is 11.6 Å². The van der Waals surface area contributed by atoms with Crippen LogP contribution in [0.5, 0.6) is 0 Å². The van der Waals surface area contributed by atoms with Gasteiger partial charge in [0.25, 0.3) is 0 Å². The van der Waals surface area contributed by atoms with Crippen LogP contribution in [0.25, 0.3) is 0 Å². The first-order valence-corrected chi connectivity index (χ1v) is 9.95. The van der Waals surface area contributed by atoms with Gasteiger partial charge in [0.1, 0.15) is 5.82 Å². The van der Waals surface area contributed by atoms with E-state index in [0.717, 1.165) is 9.75 Å². The van der Waals surface area contributed by atoms with E-state index in [0.29, 0.717) is 41.9 Å². The van der Waals surface area contributed by atoms with Crippen molar-refractivity contribution in [3.8, 4) is 0 Å². The molecule has 0 bridgehead atoms. The number of hydrogen-bond acceptors (Lipinski definition) is 5. The molecule has 1 aliphatic rings. The second-order valence-corrected chi connectivity index (χ2v) is 9.25. The third-order valence-electron chi connectivity index (χ3n) is 3.89. The van der Waals surface area contributed by atoms with Crippen molar-refractivity contribution in [1.29, 1.82) is 0 Å². The predicted molar refractivity (Wildman–Crippen MR) is 94.0 cm³/mol. The zero-order valence-corrected chi connectivity index (χ0v) is 15.4. The van der Waals surface area contributed by atoms with Crippen molar-refractivity contribution in [2.75, 3.05) is 31.1 Å². The highest BCUT2D eigenvalue weighted by Gasteiger charge is 2.31. The van der Waals surface area contributed by atoms with Crippen molar-refractivity contribution in [1.82, 2.24) is 9.29 Å². The molecule has 23 heavy (non-hydrogen) atoms. The molecule has 2 aromatic rings. The molecule has 1 aliphatic heterocycles. The van der Waals surface area contributed by atoms with Crippen LogP contribution >= 0.6 is 22.9 Å². The van der Waals surface area contributed by atoms with Gasteiger partial charge < -0.3 is 4.90 Å². The highest BCUT2D eigenvalue weighted by atomic mass is 35.5. The molecule has 0 unspecified atom stereocenters. The molecular weight excluding hydrogens is 354 g/mol. The summed E-state index contributed by atoms with van der Waals surface area (Å²) in [5.41, 5.74) is 0. The summed E-state index contributed by atoms with van der Waals surface area (Å²) in [5, 5.41) is 0.591. The summed E-state index contributed by atoms with van der Waals surface area (Å²) in [7, 11) is -3.42. The van der Waals surface area contributed by atoms with Crippen molar-refractivity contribution in [3.05, 3.63) is 39.2 Å². The summed E-state index contributed by atoms with van der Waals surface area (Å²) in [4.78, 5) is 8.61. The molecule has 0 aliphatic carbocycles. The number of sulfonamides is 1. The Labute approximate surface area is 145 Å². The molecule has 8 heteroatoms. The van der Waals surface area contributed by atoms with Crippen molar-refractivity contribution in [3.63, 3.8) is 0 Å². The van der Waals surface area contributed by atoms with Crippen LogP contribution in [0.1, 0.15) is 9.75 Å². The average Bonchev–Trinajstić information content (AvgIpc) is 2.87. The molecule has 0 N–H and O–H groups in total. The molecule has 0 amide bonds. The molecule has 0 saturated carbocycles. The number of hydrogen-bond donors (Lipinski definition) is 0. The Morgan fingerprint density at radius 3 is 2.48 bits per heavy atom. The molecule has 1 saturated heterocycles. The Morgan fingerprint density at radius 2 is 1.91 bits per heavy atom. The summed E-state index contributed by atoms with van der Waals surface area (Å²) in [6, 6.07) is 5.34. The molecule has 0 spiro atoms. The lowest BCUT2D eigenvalue weighted by atomic mass is 10.3.